The lowest BCUT2D eigenvalue weighted by Crippen LogP contribution is -2.29. The van der Waals surface area contributed by atoms with E-state index in [0.717, 1.165) is 33.6 Å². The van der Waals surface area contributed by atoms with Crippen LogP contribution in [0.1, 0.15) is 16.8 Å². The number of aryl methyl sites for hydroxylation is 1. The van der Waals surface area contributed by atoms with E-state index in [0.29, 0.717) is 0 Å². The van der Waals surface area contributed by atoms with Crippen molar-refractivity contribution >= 4 is 10.0 Å². The molecule has 0 fully saturated rings. The Kier molecular flexibility index (Phi) is 4.49. The van der Waals surface area contributed by atoms with E-state index in [1.54, 1.807) is 23.0 Å². The molecule has 1 aliphatic rings. The number of fused-ring (bicyclic) bond motifs is 3. The lowest BCUT2D eigenvalue weighted by Gasteiger charge is -2.20. The van der Waals surface area contributed by atoms with E-state index in [1.807, 2.05) is 67.6 Å². The van der Waals surface area contributed by atoms with Crippen molar-refractivity contribution in [2.45, 2.75) is 24.9 Å². The van der Waals surface area contributed by atoms with Crippen molar-refractivity contribution in [3.8, 4) is 16.8 Å². The van der Waals surface area contributed by atoms with Crippen molar-refractivity contribution in [1.29, 1.82) is 0 Å². The molecular formula is C23H20N4O2S. The molecular weight excluding hydrogens is 396 g/mol. The zero-order valence-electron chi connectivity index (χ0n) is 16.4. The van der Waals surface area contributed by atoms with Gasteiger partial charge in [-0.05, 0) is 47.9 Å². The Bertz CT molecular complexity index is 1310. The fourth-order valence-electron chi connectivity index (χ4n) is 3.75. The topological polar surface area (TPSA) is 68.1 Å². The van der Waals surface area contributed by atoms with Crippen LogP contribution in [0, 0.1) is 6.92 Å². The summed E-state index contributed by atoms with van der Waals surface area (Å²) in [6.45, 7) is 2.40. The van der Waals surface area contributed by atoms with E-state index in [-0.39, 0.29) is 18.0 Å². The predicted molar refractivity (Wildman–Crippen MR) is 114 cm³/mol. The zero-order valence-corrected chi connectivity index (χ0v) is 17.2. The summed E-state index contributed by atoms with van der Waals surface area (Å²) in [5.41, 5.74) is 5.60. The fraction of sp³-hybridized carbons (Fsp3) is 0.130. The Morgan fingerprint density at radius 2 is 1.63 bits per heavy atom. The maximum Gasteiger partial charge on any atom is 0.243 e. The molecule has 0 radical (unpaired) electrons. The summed E-state index contributed by atoms with van der Waals surface area (Å²) in [7, 11) is -3.68. The lowest BCUT2D eigenvalue weighted by molar-refractivity contribution is 0.401. The van der Waals surface area contributed by atoms with E-state index in [4.69, 9.17) is 0 Å². The Hall–Kier alpha value is -3.29. The second-order valence-corrected chi connectivity index (χ2v) is 9.37. The molecule has 2 heterocycles. The molecule has 0 aliphatic carbocycles. The lowest BCUT2D eigenvalue weighted by atomic mass is 10.0. The van der Waals surface area contributed by atoms with Gasteiger partial charge in [0.2, 0.25) is 10.0 Å². The van der Waals surface area contributed by atoms with E-state index >= 15 is 0 Å². The number of rotatable bonds is 3. The van der Waals surface area contributed by atoms with Crippen LogP contribution in [0.4, 0.5) is 0 Å². The Balaban J connectivity index is 1.62. The minimum absolute atomic E-state index is 0.207. The summed E-state index contributed by atoms with van der Waals surface area (Å²) < 4.78 is 30.1. The van der Waals surface area contributed by atoms with E-state index in [2.05, 4.69) is 10.3 Å². The SMILES string of the molecule is Cc1ccc(S(=O)(=O)N2Cc3cc(-c4ccccc4)ccc3-n3nncc3C2)cc1. The summed E-state index contributed by atoms with van der Waals surface area (Å²) in [5, 5.41) is 8.22. The van der Waals surface area contributed by atoms with Crippen molar-refractivity contribution < 1.29 is 8.42 Å². The van der Waals surface area contributed by atoms with Crippen LogP contribution in [0.15, 0.2) is 83.9 Å². The number of hydrogen-bond acceptors (Lipinski definition) is 4. The summed E-state index contributed by atoms with van der Waals surface area (Å²) >= 11 is 0. The molecule has 1 aromatic heterocycles. The van der Waals surface area contributed by atoms with Gasteiger partial charge in [-0.2, -0.15) is 4.31 Å². The highest BCUT2D eigenvalue weighted by Gasteiger charge is 2.30. The molecule has 3 aromatic carbocycles. The molecule has 5 rings (SSSR count). The maximum absolute atomic E-state index is 13.4. The Labute approximate surface area is 175 Å². The molecule has 6 nitrogen and oxygen atoms in total. The number of hydrogen-bond donors (Lipinski definition) is 0. The third kappa shape index (κ3) is 3.22. The van der Waals surface area contributed by atoms with E-state index in [1.165, 1.54) is 4.31 Å². The number of nitrogens with zero attached hydrogens (tertiary/aromatic N) is 4. The number of benzene rings is 3. The van der Waals surface area contributed by atoms with Gasteiger partial charge in [0.1, 0.15) is 0 Å². The van der Waals surface area contributed by atoms with Gasteiger partial charge >= 0.3 is 0 Å². The van der Waals surface area contributed by atoms with Crippen molar-refractivity contribution in [2.75, 3.05) is 0 Å². The smallest absolute Gasteiger partial charge is 0.216 e. The van der Waals surface area contributed by atoms with E-state index in [9.17, 15) is 8.42 Å². The van der Waals surface area contributed by atoms with Gasteiger partial charge in [0.25, 0.3) is 0 Å². The van der Waals surface area contributed by atoms with Crippen LogP contribution in [0.25, 0.3) is 16.8 Å². The zero-order chi connectivity index (χ0) is 20.7. The molecule has 0 amide bonds. The van der Waals surface area contributed by atoms with Crippen LogP contribution in [-0.4, -0.2) is 27.7 Å². The average Bonchev–Trinajstić information content (AvgIpc) is 3.16. The highest BCUT2D eigenvalue weighted by atomic mass is 32.2. The Morgan fingerprint density at radius 3 is 2.40 bits per heavy atom. The van der Waals surface area contributed by atoms with Gasteiger partial charge in [0.15, 0.2) is 0 Å². The van der Waals surface area contributed by atoms with Gasteiger partial charge in [-0.15, -0.1) is 5.10 Å². The van der Waals surface area contributed by atoms with Crippen LogP contribution in [0.3, 0.4) is 0 Å². The molecule has 0 bridgehead atoms. The monoisotopic (exact) mass is 416 g/mol. The third-order valence-corrected chi connectivity index (χ3v) is 7.18. The normalized spacial score (nSPS) is 14.0. The first-order chi connectivity index (χ1) is 14.5. The predicted octanol–water partition coefficient (Wildman–Crippen LogP) is 3.95. The van der Waals surface area contributed by atoms with Gasteiger partial charge in [0.05, 0.1) is 29.0 Å². The Morgan fingerprint density at radius 1 is 0.867 bits per heavy atom. The van der Waals surface area contributed by atoms with Gasteiger partial charge < -0.3 is 0 Å². The molecule has 1 aliphatic heterocycles. The molecule has 0 unspecified atom stereocenters. The molecule has 0 N–H and O–H groups in total. The van der Waals surface area contributed by atoms with Crippen LogP contribution < -0.4 is 0 Å². The van der Waals surface area contributed by atoms with Crippen molar-refractivity contribution in [2.24, 2.45) is 0 Å². The quantitative estimate of drug-likeness (QED) is 0.507. The van der Waals surface area contributed by atoms with Crippen molar-refractivity contribution in [3.05, 3.63) is 95.8 Å². The molecule has 0 spiro atoms. The molecule has 30 heavy (non-hydrogen) atoms. The number of aromatic nitrogens is 3. The second-order valence-electron chi connectivity index (χ2n) is 7.43. The van der Waals surface area contributed by atoms with Gasteiger partial charge in [-0.3, -0.25) is 0 Å². The highest BCUT2D eigenvalue weighted by molar-refractivity contribution is 7.89. The number of sulfonamides is 1. The standard InChI is InChI=1S/C23H20N4O2S/c1-17-7-10-22(11-8-17)30(28,29)26-15-20-13-19(18-5-3-2-4-6-18)9-12-23(20)27-21(16-26)14-24-25-27/h2-14H,15-16H2,1H3. The third-order valence-electron chi connectivity index (χ3n) is 5.38. The first-order valence-electron chi connectivity index (χ1n) is 9.67. The van der Waals surface area contributed by atoms with Crippen molar-refractivity contribution in [3.63, 3.8) is 0 Å². The first-order valence-corrected chi connectivity index (χ1v) is 11.1. The molecule has 7 heteroatoms. The summed E-state index contributed by atoms with van der Waals surface area (Å²) in [6.07, 6.45) is 1.62. The highest BCUT2D eigenvalue weighted by Crippen LogP contribution is 2.31. The van der Waals surface area contributed by atoms with Crippen LogP contribution in [-0.2, 0) is 23.1 Å². The van der Waals surface area contributed by atoms with Gasteiger partial charge in [-0.25, -0.2) is 13.1 Å². The maximum atomic E-state index is 13.4. The summed E-state index contributed by atoms with van der Waals surface area (Å²) in [5.74, 6) is 0. The van der Waals surface area contributed by atoms with Crippen LogP contribution in [0.5, 0.6) is 0 Å². The minimum Gasteiger partial charge on any atom is -0.216 e. The summed E-state index contributed by atoms with van der Waals surface area (Å²) in [4.78, 5) is 0.287. The van der Waals surface area contributed by atoms with Crippen LogP contribution >= 0.6 is 0 Å². The molecule has 0 saturated heterocycles. The minimum atomic E-state index is -3.68. The van der Waals surface area contributed by atoms with Gasteiger partial charge in [0, 0.05) is 6.54 Å². The largest absolute Gasteiger partial charge is 0.243 e. The molecule has 0 saturated carbocycles. The average molecular weight is 417 g/mol. The van der Waals surface area contributed by atoms with E-state index < -0.39 is 10.0 Å². The summed E-state index contributed by atoms with van der Waals surface area (Å²) in [6, 6.07) is 23.1. The molecule has 0 atom stereocenters. The van der Waals surface area contributed by atoms with Gasteiger partial charge in [-0.1, -0.05) is 59.3 Å². The first kappa shape index (κ1) is 18.7. The molecule has 150 valence electrons. The molecule has 4 aromatic rings. The van der Waals surface area contributed by atoms with Crippen molar-refractivity contribution in [1.82, 2.24) is 19.3 Å². The fourth-order valence-corrected chi connectivity index (χ4v) is 5.14. The second kappa shape index (κ2) is 7.19. The van der Waals surface area contributed by atoms with Crippen LogP contribution in [0.2, 0.25) is 0 Å².